The van der Waals surface area contributed by atoms with E-state index in [4.69, 9.17) is 0 Å². The fraction of sp³-hybridized carbons (Fsp3) is 0.381. The predicted molar refractivity (Wildman–Crippen MR) is 126 cm³/mol. The number of amides is 1. The summed E-state index contributed by atoms with van der Waals surface area (Å²) >= 11 is 1.00. The summed E-state index contributed by atoms with van der Waals surface area (Å²) in [6, 6.07) is 4.51. The molecule has 33 heavy (non-hydrogen) atoms. The number of rotatable bonds is 5. The van der Waals surface area contributed by atoms with Gasteiger partial charge in [0.25, 0.3) is 11.2 Å². The van der Waals surface area contributed by atoms with Crippen molar-refractivity contribution in [1.82, 2.24) is 19.1 Å². The molecule has 0 unspecified atom stereocenters. The number of anilines is 1. The van der Waals surface area contributed by atoms with Crippen LogP contribution in [0.25, 0.3) is 11.0 Å². The second-order valence-corrected chi connectivity index (χ2v) is 9.59. The Labute approximate surface area is 193 Å². The third kappa shape index (κ3) is 4.80. The molecule has 1 amide bonds. The molecule has 0 bridgehead atoms. The number of fused-ring (bicyclic) bond motifs is 1. The van der Waals surface area contributed by atoms with Gasteiger partial charge in [-0.15, -0.1) is 0 Å². The lowest BCUT2D eigenvalue weighted by molar-refractivity contribution is -0.384. The van der Waals surface area contributed by atoms with Crippen molar-refractivity contribution in [2.24, 2.45) is 14.1 Å². The summed E-state index contributed by atoms with van der Waals surface area (Å²) in [4.78, 5) is 57.6. The summed E-state index contributed by atoms with van der Waals surface area (Å²) in [5.74, 6) is -0.250. The Kier molecular flexibility index (Phi) is 6.41. The van der Waals surface area contributed by atoms with Gasteiger partial charge in [0.05, 0.1) is 10.7 Å². The molecule has 0 radical (unpaired) electrons. The molecule has 12 heteroatoms. The molecule has 0 atom stereocenters. The highest BCUT2D eigenvalue weighted by Gasteiger charge is 2.24. The minimum atomic E-state index is -0.564. The van der Waals surface area contributed by atoms with Gasteiger partial charge in [-0.2, -0.15) is 0 Å². The van der Waals surface area contributed by atoms with Crippen LogP contribution in [0.1, 0.15) is 32.2 Å². The molecular formula is C21H24N6O5S. The average Bonchev–Trinajstić information content (AvgIpc) is 2.74. The van der Waals surface area contributed by atoms with Gasteiger partial charge in [0.15, 0.2) is 5.65 Å². The van der Waals surface area contributed by atoms with Crippen LogP contribution in [0.4, 0.5) is 11.4 Å². The Morgan fingerprint density at radius 1 is 1.18 bits per heavy atom. The van der Waals surface area contributed by atoms with Crippen LogP contribution in [-0.2, 0) is 24.3 Å². The number of hydrogen-bond donors (Lipinski definition) is 1. The first-order valence-corrected chi connectivity index (χ1v) is 11.0. The number of benzene rings is 1. The third-order valence-corrected chi connectivity index (χ3v) is 5.88. The zero-order chi connectivity index (χ0) is 24.7. The van der Waals surface area contributed by atoms with Crippen LogP contribution in [-0.4, -0.2) is 35.7 Å². The normalized spacial score (nSPS) is 11.6. The molecule has 0 saturated heterocycles. The Balaban J connectivity index is 2.01. The lowest BCUT2D eigenvalue weighted by atomic mass is 9.96. The maximum Gasteiger partial charge on any atom is 0.332 e. The summed E-state index contributed by atoms with van der Waals surface area (Å²) < 4.78 is 2.23. The number of hydrogen-bond acceptors (Lipinski definition) is 8. The Morgan fingerprint density at radius 3 is 2.45 bits per heavy atom. The lowest BCUT2D eigenvalue weighted by Gasteiger charge is -2.19. The first-order chi connectivity index (χ1) is 15.3. The number of nitrogens with one attached hydrogen (secondary N) is 1. The van der Waals surface area contributed by atoms with Gasteiger partial charge in [0.1, 0.15) is 21.9 Å². The molecule has 0 aliphatic rings. The average molecular weight is 473 g/mol. The molecule has 1 aromatic carbocycles. The molecule has 3 rings (SSSR count). The van der Waals surface area contributed by atoms with Crippen molar-refractivity contribution < 1.29 is 9.72 Å². The Morgan fingerprint density at radius 2 is 1.85 bits per heavy atom. The van der Waals surface area contributed by atoms with Crippen LogP contribution in [0.5, 0.6) is 0 Å². The van der Waals surface area contributed by atoms with E-state index >= 15 is 0 Å². The maximum atomic E-state index is 12.9. The predicted octanol–water partition coefficient (Wildman–Crippen LogP) is 2.27. The largest absolute Gasteiger partial charge is 0.332 e. The molecule has 174 valence electrons. The molecule has 0 aliphatic carbocycles. The topological polar surface area (TPSA) is 142 Å². The van der Waals surface area contributed by atoms with E-state index in [9.17, 15) is 24.5 Å². The zero-order valence-electron chi connectivity index (χ0n) is 19.1. The summed E-state index contributed by atoms with van der Waals surface area (Å²) in [5.41, 5.74) is -0.821. The summed E-state index contributed by atoms with van der Waals surface area (Å²) in [6.45, 7) is 7.40. The summed E-state index contributed by atoms with van der Waals surface area (Å²) in [6.07, 6.45) is 0. The van der Waals surface area contributed by atoms with E-state index in [0.717, 1.165) is 16.3 Å². The first-order valence-electron chi connectivity index (χ1n) is 9.97. The van der Waals surface area contributed by atoms with E-state index in [1.165, 1.54) is 30.8 Å². The number of carbonyl (C=O) groups excluding carboxylic acids is 1. The molecule has 3 aromatic rings. The highest BCUT2D eigenvalue weighted by molar-refractivity contribution is 8.00. The molecule has 1 N–H and O–H groups in total. The second kappa shape index (κ2) is 8.77. The van der Waals surface area contributed by atoms with Crippen LogP contribution >= 0.6 is 11.8 Å². The van der Waals surface area contributed by atoms with Crippen molar-refractivity contribution in [2.45, 2.75) is 38.1 Å². The van der Waals surface area contributed by atoms with Crippen molar-refractivity contribution in [1.29, 1.82) is 0 Å². The number of nitrogens with zero attached hydrogens (tertiary/aromatic N) is 5. The summed E-state index contributed by atoms with van der Waals surface area (Å²) in [5, 5.41) is 14.2. The van der Waals surface area contributed by atoms with Gasteiger partial charge in [0.2, 0.25) is 5.91 Å². The lowest BCUT2D eigenvalue weighted by Crippen LogP contribution is -2.38. The first kappa shape index (κ1) is 24.1. The van der Waals surface area contributed by atoms with Crippen LogP contribution < -0.4 is 16.6 Å². The van der Waals surface area contributed by atoms with Gasteiger partial charge < -0.3 is 5.32 Å². The maximum absolute atomic E-state index is 12.9. The molecule has 0 saturated carbocycles. The van der Waals surface area contributed by atoms with Crippen molar-refractivity contribution in [3.05, 3.63) is 60.5 Å². The fourth-order valence-electron chi connectivity index (χ4n) is 3.09. The number of thioether (sulfide) groups is 1. The molecule has 11 nitrogen and oxygen atoms in total. The van der Waals surface area contributed by atoms with Crippen molar-refractivity contribution in [3.63, 3.8) is 0 Å². The molecule has 0 aliphatic heterocycles. The highest BCUT2D eigenvalue weighted by atomic mass is 32.2. The van der Waals surface area contributed by atoms with Crippen LogP contribution in [0.15, 0.2) is 32.8 Å². The van der Waals surface area contributed by atoms with Gasteiger partial charge in [-0.1, -0.05) is 38.6 Å². The standard InChI is InChI=1S/C21H24N6O5S/c1-11-7-8-12(13(9-11)27(31)32)22-14(28)10-33-17-15-16(23-19(24-17)21(2,3)4)25(5)20(30)26(6)18(15)29/h7-9H,10H2,1-6H3,(H,22,28). The number of aryl methyl sites for hydroxylation is 2. The van der Waals surface area contributed by atoms with Crippen molar-refractivity contribution >= 4 is 40.1 Å². The van der Waals surface area contributed by atoms with E-state index in [1.807, 2.05) is 20.8 Å². The van der Waals surface area contributed by atoms with E-state index < -0.39 is 27.5 Å². The van der Waals surface area contributed by atoms with Gasteiger partial charge >= 0.3 is 5.69 Å². The number of nitro benzene ring substituents is 1. The number of carbonyl (C=O) groups is 1. The van der Waals surface area contributed by atoms with Gasteiger partial charge in [0, 0.05) is 25.6 Å². The van der Waals surface area contributed by atoms with Crippen LogP contribution in [0, 0.1) is 17.0 Å². The zero-order valence-corrected chi connectivity index (χ0v) is 19.9. The van der Waals surface area contributed by atoms with Crippen molar-refractivity contribution in [2.75, 3.05) is 11.1 Å². The Bertz CT molecular complexity index is 1400. The minimum Gasteiger partial charge on any atom is -0.320 e. The smallest absolute Gasteiger partial charge is 0.320 e. The number of aromatic nitrogens is 4. The quantitative estimate of drug-likeness (QED) is 0.258. The monoisotopic (exact) mass is 472 g/mol. The van der Waals surface area contributed by atoms with Crippen LogP contribution in [0.2, 0.25) is 0 Å². The third-order valence-electron chi connectivity index (χ3n) is 4.90. The molecule has 0 spiro atoms. The van der Waals surface area contributed by atoms with Gasteiger partial charge in [-0.05, 0) is 18.6 Å². The summed E-state index contributed by atoms with van der Waals surface area (Å²) in [7, 11) is 2.88. The molecular weight excluding hydrogens is 448 g/mol. The number of nitro groups is 1. The van der Waals surface area contributed by atoms with Crippen LogP contribution in [0.3, 0.4) is 0 Å². The van der Waals surface area contributed by atoms with E-state index in [-0.39, 0.29) is 33.2 Å². The highest BCUT2D eigenvalue weighted by Crippen LogP contribution is 2.28. The van der Waals surface area contributed by atoms with Gasteiger partial charge in [-0.25, -0.2) is 14.8 Å². The van der Waals surface area contributed by atoms with E-state index in [1.54, 1.807) is 13.0 Å². The molecule has 2 heterocycles. The molecule has 0 fully saturated rings. The van der Waals surface area contributed by atoms with Crippen molar-refractivity contribution in [3.8, 4) is 0 Å². The fourth-order valence-corrected chi connectivity index (χ4v) is 3.90. The van der Waals surface area contributed by atoms with Gasteiger partial charge in [-0.3, -0.25) is 28.8 Å². The van der Waals surface area contributed by atoms with E-state index in [2.05, 4.69) is 15.3 Å². The Hall–Kier alpha value is -3.54. The second-order valence-electron chi connectivity index (χ2n) is 8.62. The molecule has 2 aromatic heterocycles. The van der Waals surface area contributed by atoms with E-state index in [0.29, 0.717) is 11.4 Å². The SMILES string of the molecule is Cc1ccc(NC(=O)CSc2nc(C(C)(C)C)nc3c2c(=O)n(C)c(=O)n3C)c([N+](=O)[O-])c1. The minimum absolute atomic E-state index is 0.0810.